The van der Waals surface area contributed by atoms with E-state index < -0.39 is 16.0 Å². The fourth-order valence-electron chi connectivity index (χ4n) is 2.27. The summed E-state index contributed by atoms with van der Waals surface area (Å²) in [4.78, 5) is 11.7. The Morgan fingerprint density at radius 2 is 1.60 bits per heavy atom. The first-order valence-corrected chi connectivity index (χ1v) is 8.75. The molecule has 2 aromatic carbocycles. The van der Waals surface area contributed by atoms with Crippen LogP contribution in [-0.2, 0) is 14.8 Å². The molecule has 134 valence electrons. The maximum atomic E-state index is 12.8. The quantitative estimate of drug-likeness (QED) is 0.791. The molecule has 0 heterocycles. The van der Waals surface area contributed by atoms with Crippen LogP contribution >= 0.6 is 0 Å². The van der Waals surface area contributed by atoms with E-state index in [0.717, 1.165) is 0 Å². The van der Waals surface area contributed by atoms with Crippen molar-refractivity contribution in [2.75, 3.05) is 26.1 Å². The number of anilines is 1. The van der Waals surface area contributed by atoms with Crippen LogP contribution < -0.4 is 14.2 Å². The summed E-state index contributed by atoms with van der Waals surface area (Å²) in [7, 11) is 0.129. The van der Waals surface area contributed by atoms with Crippen LogP contribution in [-0.4, -0.2) is 35.7 Å². The summed E-state index contributed by atoms with van der Waals surface area (Å²) in [6, 6.07) is 9.00. The van der Waals surface area contributed by atoms with Gasteiger partial charge in [-0.1, -0.05) is 12.1 Å². The molecule has 0 bridgehead atoms. The normalized spacial score (nSPS) is 10.9. The van der Waals surface area contributed by atoms with Crippen LogP contribution in [0.2, 0.25) is 0 Å². The topological polar surface area (TPSA) is 90.9 Å². The SMILES string of the molecule is COC(=O)c1ccccc1S(=O)(=O)Nc1cc(OC)c(OC)cc1C. The Hall–Kier alpha value is -2.74. The lowest BCUT2D eigenvalue weighted by Crippen LogP contribution is -2.18. The predicted octanol–water partition coefficient (Wildman–Crippen LogP) is 2.60. The van der Waals surface area contributed by atoms with Gasteiger partial charge in [0.2, 0.25) is 0 Å². The molecule has 7 nitrogen and oxygen atoms in total. The first-order chi connectivity index (χ1) is 11.8. The molecule has 0 radical (unpaired) electrons. The van der Waals surface area contributed by atoms with Gasteiger partial charge in [0.05, 0.1) is 32.6 Å². The van der Waals surface area contributed by atoms with Crippen molar-refractivity contribution >= 4 is 21.7 Å². The van der Waals surface area contributed by atoms with Crippen molar-refractivity contribution in [1.29, 1.82) is 0 Å². The maximum Gasteiger partial charge on any atom is 0.339 e. The molecule has 0 aliphatic rings. The van der Waals surface area contributed by atoms with Gasteiger partial charge in [0.25, 0.3) is 10.0 Å². The maximum absolute atomic E-state index is 12.8. The molecule has 0 aliphatic carbocycles. The summed E-state index contributed by atoms with van der Waals surface area (Å²) < 4.78 is 43.0. The molecule has 0 atom stereocenters. The summed E-state index contributed by atoms with van der Waals surface area (Å²) in [5, 5.41) is 0. The van der Waals surface area contributed by atoms with Crippen molar-refractivity contribution in [2.24, 2.45) is 0 Å². The monoisotopic (exact) mass is 365 g/mol. The first-order valence-electron chi connectivity index (χ1n) is 7.26. The van der Waals surface area contributed by atoms with Crippen LogP contribution in [0.5, 0.6) is 11.5 Å². The number of ether oxygens (including phenoxy) is 3. The molecule has 0 saturated heterocycles. The van der Waals surface area contributed by atoms with Crippen molar-refractivity contribution in [3.63, 3.8) is 0 Å². The summed E-state index contributed by atoms with van der Waals surface area (Å²) in [6.45, 7) is 1.73. The number of hydrogen-bond donors (Lipinski definition) is 1. The summed E-state index contributed by atoms with van der Waals surface area (Å²) in [5.41, 5.74) is 0.907. The zero-order valence-electron chi connectivity index (χ0n) is 14.3. The molecule has 0 aromatic heterocycles. The Bertz CT molecular complexity index is 892. The van der Waals surface area contributed by atoms with Gasteiger partial charge in [0.15, 0.2) is 11.5 Å². The van der Waals surface area contributed by atoms with E-state index in [1.165, 1.54) is 45.6 Å². The number of sulfonamides is 1. The molecule has 2 rings (SSSR count). The fraction of sp³-hybridized carbons (Fsp3) is 0.235. The molecule has 2 aromatic rings. The van der Waals surface area contributed by atoms with Crippen LogP contribution in [0.25, 0.3) is 0 Å². The third-order valence-electron chi connectivity index (χ3n) is 3.56. The van der Waals surface area contributed by atoms with Crippen LogP contribution in [0.4, 0.5) is 5.69 Å². The van der Waals surface area contributed by atoms with Gasteiger partial charge in [0.1, 0.15) is 4.90 Å². The molecule has 0 saturated carbocycles. The highest BCUT2D eigenvalue weighted by Crippen LogP contribution is 2.34. The molecule has 0 amide bonds. The van der Waals surface area contributed by atoms with Crippen LogP contribution in [0.3, 0.4) is 0 Å². The van der Waals surface area contributed by atoms with Crippen molar-refractivity contribution < 1.29 is 27.4 Å². The van der Waals surface area contributed by atoms with E-state index in [1.54, 1.807) is 19.1 Å². The van der Waals surface area contributed by atoms with E-state index in [-0.39, 0.29) is 10.5 Å². The van der Waals surface area contributed by atoms with E-state index in [0.29, 0.717) is 22.7 Å². The third-order valence-corrected chi connectivity index (χ3v) is 4.98. The van der Waals surface area contributed by atoms with Gasteiger partial charge in [-0.3, -0.25) is 4.72 Å². The Morgan fingerprint density at radius 3 is 2.20 bits per heavy atom. The van der Waals surface area contributed by atoms with Crippen LogP contribution in [0.15, 0.2) is 41.3 Å². The molecule has 0 spiro atoms. The van der Waals surface area contributed by atoms with Crippen LogP contribution in [0, 0.1) is 6.92 Å². The van der Waals surface area contributed by atoms with Gasteiger partial charge >= 0.3 is 5.97 Å². The molecule has 0 aliphatic heterocycles. The second-order valence-corrected chi connectivity index (χ2v) is 6.77. The minimum atomic E-state index is -4.01. The Kier molecular flexibility index (Phi) is 5.53. The second-order valence-electron chi connectivity index (χ2n) is 5.12. The number of hydrogen-bond acceptors (Lipinski definition) is 6. The highest BCUT2D eigenvalue weighted by Gasteiger charge is 2.23. The van der Waals surface area contributed by atoms with E-state index in [9.17, 15) is 13.2 Å². The first kappa shape index (κ1) is 18.6. The number of esters is 1. The Labute approximate surface area is 146 Å². The lowest BCUT2D eigenvalue weighted by Gasteiger charge is -2.15. The summed E-state index contributed by atoms with van der Waals surface area (Å²) >= 11 is 0. The number of nitrogens with one attached hydrogen (secondary N) is 1. The lowest BCUT2D eigenvalue weighted by atomic mass is 10.2. The predicted molar refractivity (Wildman–Crippen MR) is 92.9 cm³/mol. The van der Waals surface area contributed by atoms with Crippen molar-refractivity contribution in [3.8, 4) is 11.5 Å². The number of rotatable bonds is 6. The van der Waals surface area contributed by atoms with Crippen molar-refractivity contribution in [2.45, 2.75) is 11.8 Å². The average molecular weight is 365 g/mol. The van der Waals surface area contributed by atoms with Gasteiger partial charge in [-0.25, -0.2) is 13.2 Å². The molecule has 8 heteroatoms. The van der Waals surface area contributed by atoms with E-state index >= 15 is 0 Å². The van der Waals surface area contributed by atoms with Gasteiger partial charge in [-0.2, -0.15) is 0 Å². The highest BCUT2D eigenvalue weighted by atomic mass is 32.2. The zero-order valence-corrected chi connectivity index (χ0v) is 15.1. The second kappa shape index (κ2) is 7.43. The van der Waals surface area contributed by atoms with E-state index in [4.69, 9.17) is 9.47 Å². The van der Waals surface area contributed by atoms with Crippen LogP contribution in [0.1, 0.15) is 15.9 Å². The number of carbonyl (C=O) groups excluding carboxylic acids is 1. The molecule has 1 N–H and O–H groups in total. The van der Waals surface area contributed by atoms with Crippen molar-refractivity contribution in [1.82, 2.24) is 0 Å². The largest absolute Gasteiger partial charge is 0.493 e. The summed E-state index contributed by atoms with van der Waals surface area (Å²) in [5.74, 6) is 0.134. The minimum Gasteiger partial charge on any atom is -0.493 e. The number of benzene rings is 2. The Balaban J connectivity index is 2.49. The molecule has 0 unspecified atom stereocenters. The van der Waals surface area contributed by atoms with E-state index in [2.05, 4.69) is 9.46 Å². The zero-order chi connectivity index (χ0) is 18.6. The third kappa shape index (κ3) is 3.85. The number of carbonyl (C=O) groups is 1. The molecular weight excluding hydrogens is 346 g/mol. The van der Waals surface area contributed by atoms with Crippen molar-refractivity contribution in [3.05, 3.63) is 47.5 Å². The average Bonchev–Trinajstić information content (AvgIpc) is 2.62. The number of methoxy groups -OCH3 is 3. The molecule has 25 heavy (non-hydrogen) atoms. The van der Waals surface area contributed by atoms with Gasteiger partial charge in [0, 0.05) is 6.07 Å². The summed E-state index contributed by atoms with van der Waals surface area (Å²) in [6.07, 6.45) is 0. The molecular formula is C17H19NO6S. The van der Waals surface area contributed by atoms with Gasteiger partial charge in [-0.15, -0.1) is 0 Å². The number of aryl methyl sites for hydroxylation is 1. The van der Waals surface area contributed by atoms with Gasteiger partial charge in [-0.05, 0) is 30.7 Å². The van der Waals surface area contributed by atoms with Gasteiger partial charge < -0.3 is 14.2 Å². The standard InChI is InChI=1S/C17H19NO6S/c1-11-9-14(22-2)15(23-3)10-13(11)18-25(20,21)16-8-6-5-7-12(16)17(19)24-4/h5-10,18H,1-4H3. The highest BCUT2D eigenvalue weighted by molar-refractivity contribution is 7.92. The minimum absolute atomic E-state index is 0.0457. The smallest absolute Gasteiger partial charge is 0.339 e. The lowest BCUT2D eigenvalue weighted by molar-refractivity contribution is 0.0596. The molecule has 0 fully saturated rings. The fourth-order valence-corrected chi connectivity index (χ4v) is 3.59. The Morgan fingerprint density at radius 1 is 1.00 bits per heavy atom. The van der Waals surface area contributed by atoms with E-state index in [1.807, 2.05) is 0 Å².